The monoisotopic (exact) mass is 393 g/mol. The summed E-state index contributed by atoms with van der Waals surface area (Å²) in [5, 5.41) is 3.93. The first-order valence-corrected chi connectivity index (χ1v) is 7.70. The Labute approximate surface area is 142 Å². The molecule has 1 aromatic carbocycles. The van der Waals surface area contributed by atoms with E-state index in [0.29, 0.717) is 20.4 Å². The fourth-order valence-electron chi connectivity index (χ4n) is 1.27. The number of hydrogen-bond donors (Lipinski definition) is 3. The Hall–Kier alpha value is -1.05. The molecule has 1 aromatic rings. The molecule has 21 heavy (non-hydrogen) atoms. The predicted molar refractivity (Wildman–Crippen MR) is 91.4 cm³/mol. The van der Waals surface area contributed by atoms with Crippen LogP contribution in [-0.2, 0) is 4.79 Å². The van der Waals surface area contributed by atoms with E-state index in [0.717, 1.165) is 0 Å². The van der Waals surface area contributed by atoms with Crippen LogP contribution in [0.3, 0.4) is 0 Å². The third-order valence-electron chi connectivity index (χ3n) is 2.06. The number of ether oxygens (including phenoxy) is 1. The molecule has 0 bridgehead atoms. The zero-order valence-corrected chi connectivity index (χ0v) is 15.1. The van der Waals surface area contributed by atoms with Gasteiger partial charge < -0.3 is 10.1 Å². The van der Waals surface area contributed by atoms with Crippen LogP contribution >= 0.6 is 39.7 Å². The molecule has 1 amide bonds. The third-order valence-corrected chi connectivity index (χ3v) is 3.12. The van der Waals surface area contributed by atoms with Crippen LogP contribution in [0.4, 0.5) is 0 Å². The first-order chi connectivity index (χ1) is 9.67. The number of benzene rings is 1. The highest BCUT2D eigenvalue weighted by molar-refractivity contribution is 9.10. The van der Waals surface area contributed by atoms with E-state index >= 15 is 0 Å². The Morgan fingerprint density at radius 2 is 2.05 bits per heavy atom. The minimum absolute atomic E-state index is 0.147. The quantitative estimate of drug-likeness (QED) is 0.543. The number of carbonyl (C=O) groups excluding carboxylic acids is 1. The Kier molecular flexibility index (Phi) is 6.70. The van der Waals surface area contributed by atoms with Crippen LogP contribution in [0.25, 0.3) is 0 Å². The molecule has 0 unspecified atom stereocenters. The van der Waals surface area contributed by atoms with Crippen molar-refractivity contribution in [2.45, 2.75) is 26.3 Å². The molecule has 0 spiro atoms. The highest BCUT2D eigenvalue weighted by Gasteiger charge is 2.11. The molecule has 0 saturated heterocycles. The third kappa shape index (κ3) is 7.50. The number of halogens is 2. The maximum atomic E-state index is 11.6. The number of hydrazine groups is 1. The van der Waals surface area contributed by atoms with Crippen molar-refractivity contribution in [1.82, 2.24) is 16.2 Å². The normalized spacial score (nSPS) is 10.7. The van der Waals surface area contributed by atoms with E-state index < -0.39 is 0 Å². The van der Waals surface area contributed by atoms with Crippen LogP contribution in [0.15, 0.2) is 22.7 Å². The van der Waals surface area contributed by atoms with Gasteiger partial charge in [0, 0.05) is 10.6 Å². The minimum atomic E-state index is -0.352. The SMILES string of the molecule is CC(C)(C)NC(=S)NNC(=O)COc1ccc(Cl)cc1Br. The van der Waals surface area contributed by atoms with Gasteiger partial charge in [-0.3, -0.25) is 15.6 Å². The molecule has 116 valence electrons. The fourth-order valence-corrected chi connectivity index (χ4v) is 2.42. The zero-order valence-electron chi connectivity index (χ0n) is 11.9. The molecule has 0 aliphatic carbocycles. The van der Waals surface area contributed by atoms with Crippen molar-refractivity contribution in [2.75, 3.05) is 6.61 Å². The van der Waals surface area contributed by atoms with Gasteiger partial charge in [0.25, 0.3) is 5.91 Å². The number of hydrogen-bond acceptors (Lipinski definition) is 3. The largest absolute Gasteiger partial charge is 0.483 e. The summed E-state index contributed by atoms with van der Waals surface area (Å²) in [7, 11) is 0. The van der Waals surface area contributed by atoms with Gasteiger partial charge in [-0.25, -0.2) is 0 Å². The molecule has 0 aliphatic rings. The lowest BCUT2D eigenvalue weighted by Crippen LogP contribution is -2.52. The van der Waals surface area contributed by atoms with Gasteiger partial charge in [-0.2, -0.15) is 0 Å². The van der Waals surface area contributed by atoms with Gasteiger partial charge in [0.2, 0.25) is 0 Å². The van der Waals surface area contributed by atoms with E-state index in [1.165, 1.54) is 0 Å². The average Bonchev–Trinajstić information content (AvgIpc) is 2.33. The van der Waals surface area contributed by atoms with Crippen LogP contribution in [0, 0.1) is 0 Å². The van der Waals surface area contributed by atoms with E-state index in [4.69, 9.17) is 28.6 Å². The number of amides is 1. The molecule has 0 heterocycles. The molecule has 5 nitrogen and oxygen atoms in total. The van der Waals surface area contributed by atoms with E-state index in [1.54, 1.807) is 18.2 Å². The molecule has 8 heteroatoms. The van der Waals surface area contributed by atoms with Crippen molar-refractivity contribution in [2.24, 2.45) is 0 Å². The van der Waals surface area contributed by atoms with Gasteiger partial charge in [-0.15, -0.1) is 0 Å². The molecule has 1 rings (SSSR count). The van der Waals surface area contributed by atoms with Gasteiger partial charge in [-0.05, 0) is 67.1 Å². The second-order valence-electron chi connectivity index (χ2n) is 5.24. The van der Waals surface area contributed by atoms with Gasteiger partial charge in [0.05, 0.1) is 4.47 Å². The zero-order chi connectivity index (χ0) is 16.0. The summed E-state index contributed by atoms with van der Waals surface area (Å²) in [5.41, 5.74) is 4.87. The van der Waals surface area contributed by atoms with Crippen molar-refractivity contribution in [3.8, 4) is 5.75 Å². The van der Waals surface area contributed by atoms with Gasteiger partial charge >= 0.3 is 0 Å². The molecule has 0 fully saturated rings. The predicted octanol–water partition coefficient (Wildman–Crippen LogP) is 2.78. The van der Waals surface area contributed by atoms with Crippen LogP contribution in [0.2, 0.25) is 5.02 Å². The first-order valence-electron chi connectivity index (χ1n) is 6.12. The van der Waals surface area contributed by atoms with E-state index in [1.807, 2.05) is 20.8 Å². The summed E-state index contributed by atoms with van der Waals surface area (Å²) in [6.45, 7) is 5.74. The van der Waals surface area contributed by atoms with Crippen LogP contribution in [0.1, 0.15) is 20.8 Å². The van der Waals surface area contributed by atoms with E-state index in [-0.39, 0.29) is 18.1 Å². The number of thiocarbonyl (C=S) groups is 1. The van der Waals surface area contributed by atoms with E-state index in [9.17, 15) is 4.79 Å². The first kappa shape index (κ1) is 18.0. The Bertz CT molecular complexity index is 535. The summed E-state index contributed by atoms with van der Waals surface area (Å²) in [4.78, 5) is 11.6. The van der Waals surface area contributed by atoms with Crippen molar-refractivity contribution in [1.29, 1.82) is 0 Å². The van der Waals surface area contributed by atoms with Crippen LogP contribution in [0.5, 0.6) is 5.75 Å². The lowest BCUT2D eigenvalue weighted by molar-refractivity contribution is -0.123. The Morgan fingerprint density at radius 3 is 2.62 bits per heavy atom. The summed E-state index contributed by atoms with van der Waals surface area (Å²) in [5.74, 6) is 0.180. The number of rotatable bonds is 3. The molecule has 0 saturated carbocycles. The molecule has 0 atom stereocenters. The summed E-state index contributed by atoms with van der Waals surface area (Å²) < 4.78 is 6.05. The van der Waals surface area contributed by atoms with Gasteiger partial charge in [0.1, 0.15) is 5.75 Å². The summed E-state index contributed by atoms with van der Waals surface area (Å²) >= 11 is 14.2. The maximum Gasteiger partial charge on any atom is 0.276 e. The second kappa shape index (κ2) is 7.82. The number of carbonyl (C=O) groups is 1. The average molecular weight is 395 g/mol. The Morgan fingerprint density at radius 1 is 1.38 bits per heavy atom. The van der Waals surface area contributed by atoms with Crippen molar-refractivity contribution in [3.05, 3.63) is 27.7 Å². The lowest BCUT2D eigenvalue weighted by Gasteiger charge is -2.23. The van der Waals surface area contributed by atoms with Crippen molar-refractivity contribution < 1.29 is 9.53 Å². The lowest BCUT2D eigenvalue weighted by atomic mass is 10.1. The second-order valence-corrected chi connectivity index (χ2v) is 6.94. The molecule has 0 aliphatic heterocycles. The van der Waals surface area contributed by atoms with Crippen LogP contribution in [-0.4, -0.2) is 23.2 Å². The fraction of sp³-hybridized carbons (Fsp3) is 0.385. The topological polar surface area (TPSA) is 62.4 Å². The summed E-state index contributed by atoms with van der Waals surface area (Å²) in [6.07, 6.45) is 0. The highest BCUT2D eigenvalue weighted by atomic mass is 79.9. The standard InChI is InChI=1S/C13H17BrClN3O2S/c1-13(2,3)16-12(21)18-17-11(19)7-20-10-5-4-8(15)6-9(10)14/h4-6H,7H2,1-3H3,(H,17,19)(H2,16,18,21). The Balaban J connectivity index is 2.36. The maximum absolute atomic E-state index is 11.6. The van der Waals surface area contributed by atoms with E-state index in [2.05, 4.69) is 32.1 Å². The molecule has 0 radical (unpaired) electrons. The molecule has 0 aromatic heterocycles. The van der Waals surface area contributed by atoms with Gasteiger partial charge in [0.15, 0.2) is 11.7 Å². The van der Waals surface area contributed by atoms with Gasteiger partial charge in [-0.1, -0.05) is 11.6 Å². The smallest absolute Gasteiger partial charge is 0.276 e. The van der Waals surface area contributed by atoms with Crippen molar-refractivity contribution >= 4 is 50.8 Å². The van der Waals surface area contributed by atoms with Crippen LogP contribution < -0.4 is 20.9 Å². The molecular weight excluding hydrogens is 378 g/mol. The summed E-state index contributed by atoms with van der Waals surface area (Å²) in [6, 6.07) is 5.05. The van der Waals surface area contributed by atoms with Crippen molar-refractivity contribution in [3.63, 3.8) is 0 Å². The number of nitrogens with one attached hydrogen (secondary N) is 3. The highest BCUT2D eigenvalue weighted by Crippen LogP contribution is 2.27. The molecule has 3 N–H and O–H groups in total. The molecular formula is C13H17BrClN3O2S. The minimum Gasteiger partial charge on any atom is -0.483 e.